The average Bonchev–Trinajstić information content (AvgIpc) is 2.69. The van der Waals surface area contributed by atoms with Crippen LogP contribution in [0, 0.1) is 5.92 Å². The third kappa shape index (κ3) is 2.69. The van der Waals surface area contributed by atoms with Crippen molar-refractivity contribution in [2.45, 2.75) is 31.7 Å². The zero-order valence-corrected chi connectivity index (χ0v) is 9.14. The Morgan fingerprint density at radius 3 is 3.14 bits per heavy atom. The normalized spacial score (nSPS) is 38.8. The van der Waals surface area contributed by atoms with E-state index in [0.29, 0.717) is 0 Å². The first-order valence-electron chi connectivity index (χ1n) is 5.82. The van der Waals surface area contributed by atoms with Crippen molar-refractivity contribution >= 4 is 0 Å². The SMILES string of the molecule is CC1(NCC2CCNC2)CCCOC1. The summed E-state index contributed by atoms with van der Waals surface area (Å²) in [4.78, 5) is 0. The van der Waals surface area contributed by atoms with Crippen LogP contribution in [-0.2, 0) is 4.74 Å². The topological polar surface area (TPSA) is 33.3 Å². The van der Waals surface area contributed by atoms with Crippen molar-refractivity contribution in [2.24, 2.45) is 5.92 Å². The molecule has 2 rings (SSSR count). The Morgan fingerprint density at radius 1 is 1.57 bits per heavy atom. The summed E-state index contributed by atoms with van der Waals surface area (Å²) in [5.41, 5.74) is 0.237. The van der Waals surface area contributed by atoms with E-state index in [0.717, 1.165) is 25.7 Å². The van der Waals surface area contributed by atoms with Crippen LogP contribution < -0.4 is 10.6 Å². The van der Waals surface area contributed by atoms with Crippen molar-refractivity contribution in [2.75, 3.05) is 32.8 Å². The molecule has 0 aliphatic carbocycles. The van der Waals surface area contributed by atoms with E-state index in [4.69, 9.17) is 4.74 Å². The van der Waals surface area contributed by atoms with Gasteiger partial charge in [-0.15, -0.1) is 0 Å². The fourth-order valence-electron chi connectivity index (χ4n) is 2.35. The minimum absolute atomic E-state index is 0.237. The Bertz CT molecular complexity index is 172. The number of ether oxygens (including phenoxy) is 1. The Balaban J connectivity index is 1.72. The molecule has 0 aromatic carbocycles. The molecule has 0 saturated carbocycles. The molecule has 2 saturated heterocycles. The lowest BCUT2D eigenvalue weighted by Gasteiger charge is -2.35. The van der Waals surface area contributed by atoms with Crippen LogP contribution in [0.1, 0.15) is 26.2 Å². The van der Waals surface area contributed by atoms with Gasteiger partial charge in [0.2, 0.25) is 0 Å². The first kappa shape index (κ1) is 10.4. The molecule has 2 heterocycles. The molecule has 0 aromatic heterocycles. The summed E-state index contributed by atoms with van der Waals surface area (Å²) in [6.07, 6.45) is 3.78. The zero-order chi connectivity index (χ0) is 9.86. The van der Waals surface area contributed by atoms with Gasteiger partial charge in [-0.2, -0.15) is 0 Å². The molecule has 2 N–H and O–H groups in total. The van der Waals surface area contributed by atoms with E-state index in [1.807, 2.05) is 0 Å². The highest BCUT2D eigenvalue weighted by Gasteiger charge is 2.28. The molecule has 82 valence electrons. The van der Waals surface area contributed by atoms with Gasteiger partial charge in [-0.1, -0.05) is 0 Å². The van der Waals surface area contributed by atoms with Crippen molar-refractivity contribution in [1.82, 2.24) is 10.6 Å². The zero-order valence-electron chi connectivity index (χ0n) is 9.14. The molecule has 3 heteroatoms. The molecule has 2 atom stereocenters. The summed E-state index contributed by atoms with van der Waals surface area (Å²) >= 11 is 0. The molecule has 2 fully saturated rings. The first-order valence-corrected chi connectivity index (χ1v) is 5.82. The maximum atomic E-state index is 5.52. The van der Waals surface area contributed by atoms with Crippen LogP contribution in [0.15, 0.2) is 0 Å². The highest BCUT2D eigenvalue weighted by Crippen LogP contribution is 2.19. The minimum atomic E-state index is 0.237. The van der Waals surface area contributed by atoms with E-state index >= 15 is 0 Å². The van der Waals surface area contributed by atoms with E-state index in [1.165, 1.54) is 32.4 Å². The Hall–Kier alpha value is -0.120. The highest BCUT2D eigenvalue weighted by molar-refractivity contribution is 4.87. The van der Waals surface area contributed by atoms with Gasteiger partial charge in [0.25, 0.3) is 0 Å². The summed E-state index contributed by atoms with van der Waals surface area (Å²) in [6, 6.07) is 0. The van der Waals surface area contributed by atoms with Crippen molar-refractivity contribution in [1.29, 1.82) is 0 Å². The van der Waals surface area contributed by atoms with Crippen molar-refractivity contribution in [3.05, 3.63) is 0 Å². The fraction of sp³-hybridized carbons (Fsp3) is 1.00. The van der Waals surface area contributed by atoms with Crippen LogP contribution >= 0.6 is 0 Å². The average molecular weight is 198 g/mol. The standard InChI is InChI=1S/C11H22N2O/c1-11(4-2-6-14-9-11)13-8-10-3-5-12-7-10/h10,12-13H,2-9H2,1H3. The largest absolute Gasteiger partial charge is 0.380 e. The summed E-state index contributed by atoms with van der Waals surface area (Å²) in [5, 5.41) is 7.08. The van der Waals surface area contributed by atoms with Crippen LogP contribution in [0.5, 0.6) is 0 Å². The smallest absolute Gasteiger partial charge is 0.0645 e. The molecule has 14 heavy (non-hydrogen) atoms. The molecule has 0 bridgehead atoms. The molecule has 0 amide bonds. The van der Waals surface area contributed by atoms with E-state index in [2.05, 4.69) is 17.6 Å². The second kappa shape index (κ2) is 4.60. The van der Waals surface area contributed by atoms with Gasteiger partial charge in [-0.3, -0.25) is 0 Å². The van der Waals surface area contributed by atoms with Crippen molar-refractivity contribution in [3.8, 4) is 0 Å². The maximum absolute atomic E-state index is 5.52. The summed E-state index contributed by atoms with van der Waals surface area (Å²) in [5.74, 6) is 0.828. The monoisotopic (exact) mass is 198 g/mol. The number of rotatable bonds is 3. The van der Waals surface area contributed by atoms with E-state index in [1.54, 1.807) is 0 Å². The van der Waals surface area contributed by atoms with Crippen LogP contribution in [-0.4, -0.2) is 38.4 Å². The second-order valence-corrected chi connectivity index (χ2v) is 4.96. The van der Waals surface area contributed by atoms with Crippen LogP contribution in [0.4, 0.5) is 0 Å². The first-order chi connectivity index (χ1) is 6.79. The molecule has 0 aromatic rings. The van der Waals surface area contributed by atoms with E-state index in [9.17, 15) is 0 Å². The third-order valence-corrected chi connectivity index (χ3v) is 3.42. The van der Waals surface area contributed by atoms with Gasteiger partial charge in [0.1, 0.15) is 0 Å². The predicted molar refractivity (Wildman–Crippen MR) is 57.4 cm³/mol. The van der Waals surface area contributed by atoms with Crippen LogP contribution in [0.3, 0.4) is 0 Å². The Kier molecular flexibility index (Phi) is 3.42. The van der Waals surface area contributed by atoms with Gasteiger partial charge in [-0.25, -0.2) is 0 Å². The summed E-state index contributed by atoms with van der Waals surface area (Å²) in [7, 11) is 0. The molecule has 0 spiro atoms. The lowest BCUT2D eigenvalue weighted by atomic mass is 9.94. The van der Waals surface area contributed by atoms with E-state index < -0.39 is 0 Å². The quantitative estimate of drug-likeness (QED) is 0.702. The fourth-order valence-corrected chi connectivity index (χ4v) is 2.35. The van der Waals surface area contributed by atoms with Crippen LogP contribution in [0.2, 0.25) is 0 Å². The van der Waals surface area contributed by atoms with Gasteiger partial charge >= 0.3 is 0 Å². The Morgan fingerprint density at radius 2 is 2.50 bits per heavy atom. The van der Waals surface area contributed by atoms with Crippen molar-refractivity contribution < 1.29 is 4.74 Å². The van der Waals surface area contributed by atoms with Gasteiger partial charge < -0.3 is 15.4 Å². The lowest BCUT2D eigenvalue weighted by molar-refractivity contribution is 0.0272. The highest BCUT2D eigenvalue weighted by atomic mass is 16.5. The molecular formula is C11H22N2O. The van der Waals surface area contributed by atoms with Crippen molar-refractivity contribution in [3.63, 3.8) is 0 Å². The van der Waals surface area contributed by atoms with Gasteiger partial charge in [0, 0.05) is 12.1 Å². The number of hydrogen-bond donors (Lipinski definition) is 2. The summed E-state index contributed by atoms with van der Waals surface area (Å²) in [6.45, 7) is 7.64. The minimum Gasteiger partial charge on any atom is -0.380 e. The third-order valence-electron chi connectivity index (χ3n) is 3.42. The summed E-state index contributed by atoms with van der Waals surface area (Å²) < 4.78 is 5.52. The van der Waals surface area contributed by atoms with Gasteiger partial charge in [-0.05, 0) is 51.7 Å². The van der Waals surface area contributed by atoms with Gasteiger partial charge in [0.05, 0.1) is 6.61 Å². The molecule has 2 unspecified atom stereocenters. The Labute approximate surface area is 86.6 Å². The van der Waals surface area contributed by atoms with Crippen LogP contribution in [0.25, 0.3) is 0 Å². The molecule has 2 aliphatic heterocycles. The molecule has 2 aliphatic rings. The second-order valence-electron chi connectivity index (χ2n) is 4.96. The number of hydrogen-bond acceptors (Lipinski definition) is 3. The molecule has 3 nitrogen and oxygen atoms in total. The molecule has 0 radical (unpaired) electrons. The van der Waals surface area contributed by atoms with E-state index in [-0.39, 0.29) is 5.54 Å². The van der Waals surface area contributed by atoms with Gasteiger partial charge in [0.15, 0.2) is 0 Å². The lowest BCUT2D eigenvalue weighted by Crippen LogP contribution is -2.50. The number of nitrogens with one attached hydrogen (secondary N) is 2. The molecular weight excluding hydrogens is 176 g/mol. The predicted octanol–water partition coefficient (Wildman–Crippen LogP) is 0.755. The maximum Gasteiger partial charge on any atom is 0.0645 e.